The van der Waals surface area contributed by atoms with E-state index in [0.717, 1.165) is 38.3 Å². The van der Waals surface area contributed by atoms with Gasteiger partial charge < -0.3 is 10.1 Å². The lowest BCUT2D eigenvalue weighted by Crippen LogP contribution is -2.69. The van der Waals surface area contributed by atoms with E-state index in [0.29, 0.717) is 17.9 Å². The zero-order valence-electron chi connectivity index (χ0n) is 29.1. The van der Waals surface area contributed by atoms with Crippen LogP contribution in [-0.2, 0) is 30.4 Å². The molecule has 5 aromatic carbocycles. The van der Waals surface area contributed by atoms with Gasteiger partial charge >= 0.3 is 5.97 Å². The lowest BCUT2D eigenvalue weighted by molar-refractivity contribution is -0.154. The van der Waals surface area contributed by atoms with Gasteiger partial charge in [-0.25, -0.2) is 4.79 Å². The Labute approximate surface area is 322 Å². The van der Waals surface area contributed by atoms with E-state index in [1.807, 2.05) is 126 Å². The molecule has 0 saturated carbocycles. The third kappa shape index (κ3) is 6.52. The Balaban J connectivity index is 1.15. The van der Waals surface area contributed by atoms with Crippen molar-refractivity contribution in [3.63, 3.8) is 0 Å². The fourth-order valence-corrected chi connectivity index (χ4v) is 9.81. The van der Waals surface area contributed by atoms with E-state index in [1.165, 1.54) is 28.4 Å². The van der Waals surface area contributed by atoms with E-state index in [-0.39, 0.29) is 11.6 Å². The van der Waals surface area contributed by atoms with Crippen LogP contribution in [0.4, 0.5) is 0 Å². The Morgan fingerprint density at radius 3 is 1.81 bits per heavy atom. The average Bonchev–Trinajstić information content (AvgIpc) is 3.72. The number of esters is 1. The van der Waals surface area contributed by atoms with Gasteiger partial charge in [-0.05, 0) is 27.8 Å². The van der Waals surface area contributed by atoms with Crippen LogP contribution in [0.1, 0.15) is 39.5 Å². The number of carbonyl (C=O) groups is 3. The minimum atomic E-state index is -0.761. The summed E-state index contributed by atoms with van der Waals surface area (Å²) in [4.78, 5) is 41.5. The van der Waals surface area contributed by atoms with Gasteiger partial charge in [0.15, 0.2) is 6.10 Å². The predicted octanol–water partition coefficient (Wildman–Crippen LogP) is 7.53. The van der Waals surface area contributed by atoms with E-state index in [1.54, 1.807) is 0 Å². The molecule has 0 aliphatic carbocycles. The molecule has 1 fully saturated rings. The smallest absolute Gasteiger partial charge is 0.356 e. The average molecular weight is 749 g/mol. The first-order valence-electron chi connectivity index (χ1n) is 17.6. The molecule has 1 N–H and O–H groups in total. The van der Waals surface area contributed by atoms with Gasteiger partial charge in [-0.1, -0.05) is 152 Å². The summed E-state index contributed by atoms with van der Waals surface area (Å²) in [5, 5.41) is 7.23. The maximum Gasteiger partial charge on any atom is 0.356 e. The zero-order chi connectivity index (χ0) is 36.9. The van der Waals surface area contributed by atoms with Crippen molar-refractivity contribution < 1.29 is 19.1 Å². The first kappa shape index (κ1) is 35.2. The molecular weight excluding hydrogens is 713 g/mol. The van der Waals surface area contributed by atoms with E-state index in [9.17, 15) is 14.4 Å². The standard InChI is InChI=1S/C44H36N4O4S2/c49-30-45-38-41(50)48-39(43(51)52-40(32-16-6-1-7-17-32)33-18-8-2-9-19-33)37(29-54-42(38)48)53-28-31-26-46-47(27-31)44(34-20-10-3-11-21-34,35-22-12-4-13-23-35)36-24-14-5-15-25-36/h1-27,30,38,40,42H,28-29H2,(H,45,49)/t38-,42-/m1/s1. The highest BCUT2D eigenvalue weighted by molar-refractivity contribution is 8.05. The third-order valence-electron chi connectivity index (χ3n) is 9.77. The second-order valence-corrected chi connectivity index (χ2v) is 15.1. The Kier molecular flexibility index (Phi) is 10.2. The fraction of sp³-hybridized carbons (Fsp3) is 0.136. The predicted molar refractivity (Wildman–Crippen MR) is 212 cm³/mol. The van der Waals surface area contributed by atoms with E-state index >= 15 is 0 Å². The summed E-state index contributed by atoms with van der Waals surface area (Å²) in [6.07, 6.45) is 3.78. The Morgan fingerprint density at radius 2 is 1.31 bits per heavy atom. The summed E-state index contributed by atoms with van der Waals surface area (Å²) in [5.74, 6) is 0.0275. The minimum absolute atomic E-state index is 0.217. The second kappa shape index (κ2) is 15.6. The topological polar surface area (TPSA) is 93.5 Å². The largest absolute Gasteiger partial charge is 0.448 e. The van der Waals surface area contributed by atoms with Gasteiger partial charge in [0.1, 0.15) is 22.7 Å². The molecule has 54 heavy (non-hydrogen) atoms. The molecule has 2 amide bonds. The highest BCUT2D eigenvalue weighted by Crippen LogP contribution is 2.46. The number of nitrogens with zero attached hydrogens (tertiary/aromatic N) is 3. The van der Waals surface area contributed by atoms with Crippen LogP contribution in [0.25, 0.3) is 0 Å². The van der Waals surface area contributed by atoms with Gasteiger partial charge in [-0.15, -0.1) is 23.5 Å². The van der Waals surface area contributed by atoms with Crippen LogP contribution < -0.4 is 5.32 Å². The number of nitrogens with one attached hydrogen (secondary N) is 1. The number of thioether (sulfide) groups is 2. The van der Waals surface area contributed by atoms with Crippen molar-refractivity contribution >= 4 is 41.8 Å². The van der Waals surface area contributed by atoms with E-state index < -0.39 is 29.0 Å². The first-order valence-corrected chi connectivity index (χ1v) is 19.6. The number of hydrogen-bond acceptors (Lipinski definition) is 7. The summed E-state index contributed by atoms with van der Waals surface area (Å²) in [6.45, 7) is 0. The number of rotatable bonds is 13. The number of β-lactam (4-membered cyclic amide) rings is 1. The van der Waals surface area contributed by atoms with E-state index in [4.69, 9.17) is 9.84 Å². The molecule has 8 rings (SSSR count). The molecule has 10 heteroatoms. The monoisotopic (exact) mass is 748 g/mol. The summed E-state index contributed by atoms with van der Waals surface area (Å²) in [6, 6.07) is 49.5. The molecule has 0 radical (unpaired) electrons. The second-order valence-electron chi connectivity index (χ2n) is 12.9. The SMILES string of the molecule is O=CN[C@@H]1C(=O)N2C(C(=O)OC(c3ccccc3)c3ccccc3)=C(SCc3cnn(C(c4ccccc4)(c4ccccc4)c4ccccc4)c3)CS[C@H]12. The molecule has 2 aliphatic rings. The van der Waals surface area contributed by atoms with Crippen molar-refractivity contribution in [2.24, 2.45) is 0 Å². The quantitative estimate of drug-likeness (QED) is 0.0565. The van der Waals surface area contributed by atoms with Crippen LogP contribution in [-0.4, -0.2) is 50.1 Å². The van der Waals surface area contributed by atoms with Gasteiger partial charge in [-0.2, -0.15) is 5.10 Å². The van der Waals surface area contributed by atoms with Gasteiger partial charge in [0.2, 0.25) is 6.41 Å². The molecule has 2 aliphatic heterocycles. The van der Waals surface area contributed by atoms with E-state index in [2.05, 4.69) is 47.9 Å². The summed E-state index contributed by atoms with van der Waals surface area (Å²) < 4.78 is 8.34. The van der Waals surface area contributed by atoms with Crippen molar-refractivity contribution in [1.29, 1.82) is 0 Å². The van der Waals surface area contributed by atoms with Crippen LogP contribution >= 0.6 is 23.5 Å². The normalized spacial score (nSPS) is 16.8. The molecule has 8 nitrogen and oxygen atoms in total. The van der Waals surface area contributed by atoms with Crippen molar-refractivity contribution in [2.75, 3.05) is 5.75 Å². The maximum atomic E-state index is 14.4. The summed E-state index contributed by atoms with van der Waals surface area (Å²) >= 11 is 3.01. The number of benzene rings is 5. The van der Waals surface area contributed by atoms with Crippen molar-refractivity contribution in [2.45, 2.75) is 28.8 Å². The number of amides is 2. The molecular formula is C44H36N4O4S2. The summed E-state index contributed by atoms with van der Waals surface area (Å²) in [7, 11) is 0. The lowest BCUT2D eigenvalue weighted by Gasteiger charge is -2.49. The van der Waals surface area contributed by atoms with Gasteiger partial charge in [-0.3, -0.25) is 19.2 Å². The molecule has 0 unspecified atom stereocenters. The lowest BCUT2D eigenvalue weighted by atomic mass is 9.77. The van der Waals surface area contributed by atoms with Crippen molar-refractivity contribution in [1.82, 2.24) is 20.0 Å². The van der Waals surface area contributed by atoms with Gasteiger partial charge in [0.05, 0.1) is 6.20 Å². The molecule has 0 bridgehead atoms. The maximum absolute atomic E-state index is 14.4. The third-order valence-corrected chi connectivity index (χ3v) is 12.4. The molecule has 2 atom stereocenters. The zero-order valence-corrected chi connectivity index (χ0v) is 30.7. The number of carbonyl (C=O) groups excluding carboxylic acids is 3. The molecule has 0 spiro atoms. The van der Waals surface area contributed by atoms with Crippen molar-refractivity contribution in [3.8, 4) is 0 Å². The number of ether oxygens (including phenoxy) is 1. The van der Waals surface area contributed by atoms with Gasteiger partial charge in [0, 0.05) is 28.2 Å². The van der Waals surface area contributed by atoms with Crippen LogP contribution in [0.15, 0.2) is 175 Å². The highest BCUT2D eigenvalue weighted by Gasteiger charge is 2.54. The fourth-order valence-electron chi connectivity index (χ4n) is 7.26. The Hall–Kier alpha value is -5.84. The molecule has 1 aromatic heterocycles. The molecule has 268 valence electrons. The van der Waals surface area contributed by atoms with Crippen LogP contribution in [0, 0.1) is 0 Å². The highest BCUT2D eigenvalue weighted by atomic mass is 32.2. The summed E-state index contributed by atoms with van der Waals surface area (Å²) in [5.41, 5.74) is 5.22. The molecule has 1 saturated heterocycles. The number of fused-ring (bicyclic) bond motifs is 1. The van der Waals surface area contributed by atoms with Gasteiger partial charge in [0.25, 0.3) is 5.91 Å². The number of hydrogen-bond donors (Lipinski definition) is 1. The Morgan fingerprint density at radius 1 is 0.815 bits per heavy atom. The molecule has 6 aromatic rings. The van der Waals surface area contributed by atoms with Crippen LogP contribution in [0.2, 0.25) is 0 Å². The Bertz CT molecular complexity index is 2130. The number of aromatic nitrogens is 2. The first-order chi connectivity index (χ1) is 26.6. The van der Waals surface area contributed by atoms with Crippen LogP contribution in [0.5, 0.6) is 0 Å². The molecule has 3 heterocycles. The van der Waals surface area contributed by atoms with Crippen molar-refractivity contribution in [3.05, 3.63) is 208 Å². The van der Waals surface area contributed by atoms with Crippen LogP contribution in [0.3, 0.4) is 0 Å². The minimum Gasteiger partial charge on any atom is -0.448 e.